The number of ketones is 1. The number of halogens is 1. The lowest BCUT2D eigenvalue weighted by Crippen LogP contribution is -2.15. The highest BCUT2D eigenvalue weighted by atomic mass is 35.5. The Labute approximate surface area is 195 Å². The second-order valence-electron chi connectivity index (χ2n) is 6.93. The molecule has 166 valence electrons. The Morgan fingerprint density at radius 2 is 2.03 bits per heavy atom. The molecule has 32 heavy (non-hydrogen) atoms. The highest BCUT2D eigenvalue weighted by Crippen LogP contribution is 2.26. The topological polar surface area (TPSA) is 86.1 Å². The molecule has 1 N–H and O–H groups in total. The third kappa shape index (κ3) is 6.21. The van der Waals surface area contributed by atoms with Gasteiger partial charge in [-0.05, 0) is 44.2 Å². The Kier molecular flexibility index (Phi) is 8.08. The third-order valence-corrected chi connectivity index (χ3v) is 5.62. The first-order valence-corrected chi connectivity index (χ1v) is 11.2. The van der Waals surface area contributed by atoms with Gasteiger partial charge in [-0.15, -0.1) is 16.8 Å². The first-order valence-electron chi connectivity index (χ1n) is 9.87. The van der Waals surface area contributed by atoms with Gasteiger partial charge in [0.15, 0.2) is 22.9 Å². The van der Waals surface area contributed by atoms with Crippen molar-refractivity contribution in [1.29, 1.82) is 0 Å². The molecular weight excluding hydrogens is 448 g/mol. The van der Waals surface area contributed by atoms with Gasteiger partial charge in [0.05, 0.1) is 5.75 Å². The summed E-state index contributed by atoms with van der Waals surface area (Å²) in [6, 6.07) is 14.0. The summed E-state index contributed by atoms with van der Waals surface area (Å²) in [5.74, 6) is 1.09. The number of thioether (sulfide) groups is 1. The number of rotatable bonds is 10. The molecule has 1 heterocycles. The van der Waals surface area contributed by atoms with Crippen molar-refractivity contribution >= 4 is 40.7 Å². The maximum atomic E-state index is 12.4. The van der Waals surface area contributed by atoms with E-state index >= 15 is 0 Å². The van der Waals surface area contributed by atoms with Crippen LogP contribution in [-0.2, 0) is 11.3 Å². The first-order chi connectivity index (χ1) is 15.4. The van der Waals surface area contributed by atoms with Crippen LogP contribution < -0.4 is 10.1 Å². The van der Waals surface area contributed by atoms with E-state index < -0.39 is 6.10 Å². The number of anilines is 1. The Morgan fingerprint density at radius 1 is 1.25 bits per heavy atom. The van der Waals surface area contributed by atoms with Gasteiger partial charge in [-0.3, -0.25) is 14.2 Å². The van der Waals surface area contributed by atoms with Crippen LogP contribution in [0.4, 0.5) is 5.69 Å². The van der Waals surface area contributed by atoms with E-state index in [0.29, 0.717) is 39.5 Å². The molecule has 0 radical (unpaired) electrons. The van der Waals surface area contributed by atoms with Crippen LogP contribution in [0.15, 0.2) is 66.3 Å². The number of nitrogens with zero attached hydrogens (tertiary/aromatic N) is 3. The SMILES string of the molecule is C=CCn1c(SCC(=O)Nc2cccc(C(C)=O)c2)nnc1C(C)Oc1cccc(Cl)c1. The minimum Gasteiger partial charge on any atom is -0.483 e. The minimum atomic E-state index is -0.390. The highest BCUT2D eigenvalue weighted by molar-refractivity contribution is 7.99. The molecule has 0 saturated heterocycles. The minimum absolute atomic E-state index is 0.0605. The average Bonchev–Trinajstić information content (AvgIpc) is 3.15. The van der Waals surface area contributed by atoms with Gasteiger partial charge in [0, 0.05) is 22.8 Å². The number of amides is 1. The van der Waals surface area contributed by atoms with E-state index in [1.165, 1.54) is 18.7 Å². The number of allylic oxidation sites excluding steroid dienone is 1. The molecule has 1 unspecified atom stereocenters. The second kappa shape index (κ2) is 11.0. The normalized spacial score (nSPS) is 11.6. The highest BCUT2D eigenvalue weighted by Gasteiger charge is 2.20. The zero-order chi connectivity index (χ0) is 23.1. The van der Waals surface area contributed by atoms with E-state index in [9.17, 15) is 9.59 Å². The number of ether oxygens (including phenoxy) is 1. The van der Waals surface area contributed by atoms with E-state index in [0.717, 1.165) is 0 Å². The Hall–Kier alpha value is -3.10. The van der Waals surface area contributed by atoms with Crippen molar-refractivity contribution in [2.45, 2.75) is 31.7 Å². The van der Waals surface area contributed by atoms with Crippen molar-refractivity contribution in [1.82, 2.24) is 14.8 Å². The molecule has 1 amide bonds. The standard InChI is InChI=1S/C23H23ClN4O3S/c1-4-11-28-22(16(3)31-20-10-6-8-18(24)13-20)26-27-23(28)32-14-21(30)25-19-9-5-7-17(12-19)15(2)29/h4-10,12-13,16H,1,11,14H2,2-3H3,(H,25,30). The molecule has 9 heteroatoms. The van der Waals surface area contributed by atoms with E-state index in [2.05, 4.69) is 22.1 Å². The molecule has 0 aliphatic heterocycles. The molecule has 3 rings (SSSR count). The summed E-state index contributed by atoms with van der Waals surface area (Å²) < 4.78 is 7.82. The molecule has 1 aromatic heterocycles. The van der Waals surface area contributed by atoms with Gasteiger partial charge in [-0.2, -0.15) is 0 Å². The number of Topliss-reactive ketones (excluding diaryl/α,β-unsaturated/α-hetero) is 1. The van der Waals surface area contributed by atoms with Crippen molar-refractivity contribution < 1.29 is 14.3 Å². The lowest BCUT2D eigenvalue weighted by atomic mass is 10.1. The Morgan fingerprint density at radius 3 is 2.75 bits per heavy atom. The van der Waals surface area contributed by atoms with Gasteiger partial charge in [-0.1, -0.05) is 47.6 Å². The number of carbonyl (C=O) groups is 2. The third-order valence-electron chi connectivity index (χ3n) is 4.41. The molecular formula is C23H23ClN4O3S. The van der Waals surface area contributed by atoms with E-state index in [1.807, 2.05) is 23.6 Å². The lowest BCUT2D eigenvalue weighted by molar-refractivity contribution is -0.113. The summed E-state index contributed by atoms with van der Waals surface area (Å²) in [4.78, 5) is 23.9. The van der Waals surface area contributed by atoms with Gasteiger partial charge >= 0.3 is 0 Å². The smallest absolute Gasteiger partial charge is 0.234 e. The number of hydrogen-bond acceptors (Lipinski definition) is 6. The molecule has 0 saturated carbocycles. The Balaban J connectivity index is 1.67. The molecule has 2 aromatic carbocycles. The monoisotopic (exact) mass is 470 g/mol. The maximum Gasteiger partial charge on any atom is 0.234 e. The quantitative estimate of drug-likeness (QED) is 0.249. The molecule has 7 nitrogen and oxygen atoms in total. The van der Waals surface area contributed by atoms with Crippen LogP contribution in [0.3, 0.4) is 0 Å². The Bertz CT molecular complexity index is 1130. The van der Waals surface area contributed by atoms with Crippen molar-refractivity contribution in [2.75, 3.05) is 11.1 Å². The number of benzene rings is 2. The fourth-order valence-electron chi connectivity index (χ4n) is 2.95. The van der Waals surface area contributed by atoms with Gasteiger partial charge in [0.2, 0.25) is 5.91 Å². The maximum absolute atomic E-state index is 12.4. The molecule has 0 fully saturated rings. The summed E-state index contributed by atoms with van der Waals surface area (Å²) in [7, 11) is 0. The van der Waals surface area contributed by atoms with Gasteiger partial charge in [0.1, 0.15) is 5.75 Å². The van der Waals surface area contributed by atoms with Crippen LogP contribution in [0.1, 0.15) is 36.1 Å². The van der Waals surface area contributed by atoms with Crippen molar-refractivity contribution in [2.24, 2.45) is 0 Å². The summed E-state index contributed by atoms with van der Waals surface area (Å²) >= 11 is 7.29. The number of hydrogen-bond donors (Lipinski definition) is 1. The summed E-state index contributed by atoms with van der Waals surface area (Å²) in [6.45, 7) is 7.62. The number of carbonyl (C=O) groups excluding carboxylic acids is 2. The van der Waals surface area contributed by atoms with Crippen molar-refractivity contribution in [3.63, 3.8) is 0 Å². The fourth-order valence-corrected chi connectivity index (χ4v) is 3.88. The number of aromatic nitrogens is 3. The van der Waals surface area contributed by atoms with Crippen LogP contribution >= 0.6 is 23.4 Å². The molecule has 0 aliphatic rings. The van der Waals surface area contributed by atoms with Gasteiger partial charge in [-0.25, -0.2) is 0 Å². The zero-order valence-corrected chi connectivity index (χ0v) is 19.3. The van der Waals surface area contributed by atoms with Crippen LogP contribution in [0, 0.1) is 0 Å². The zero-order valence-electron chi connectivity index (χ0n) is 17.7. The fraction of sp³-hybridized carbons (Fsp3) is 0.217. The number of nitrogens with one attached hydrogen (secondary N) is 1. The summed E-state index contributed by atoms with van der Waals surface area (Å²) in [5, 5.41) is 12.5. The predicted molar refractivity (Wildman–Crippen MR) is 127 cm³/mol. The van der Waals surface area contributed by atoms with Gasteiger partial charge in [0.25, 0.3) is 0 Å². The average molecular weight is 471 g/mol. The van der Waals surface area contributed by atoms with E-state index in [-0.39, 0.29) is 17.4 Å². The molecule has 1 atom stereocenters. The van der Waals surface area contributed by atoms with Crippen LogP contribution in [0.25, 0.3) is 0 Å². The second-order valence-corrected chi connectivity index (χ2v) is 8.31. The van der Waals surface area contributed by atoms with Crippen LogP contribution in [0.5, 0.6) is 5.75 Å². The molecule has 0 bridgehead atoms. The lowest BCUT2D eigenvalue weighted by Gasteiger charge is -2.16. The summed E-state index contributed by atoms with van der Waals surface area (Å²) in [5.41, 5.74) is 1.11. The largest absolute Gasteiger partial charge is 0.483 e. The van der Waals surface area contributed by atoms with Crippen molar-refractivity contribution in [3.05, 3.63) is 77.6 Å². The summed E-state index contributed by atoms with van der Waals surface area (Å²) in [6.07, 6.45) is 1.34. The molecule has 0 aliphatic carbocycles. The predicted octanol–water partition coefficient (Wildman–Crippen LogP) is 5.19. The van der Waals surface area contributed by atoms with E-state index in [1.54, 1.807) is 42.5 Å². The van der Waals surface area contributed by atoms with Gasteiger partial charge < -0.3 is 10.1 Å². The molecule has 3 aromatic rings. The van der Waals surface area contributed by atoms with Crippen molar-refractivity contribution in [3.8, 4) is 5.75 Å². The first kappa shape index (κ1) is 23.6. The van der Waals surface area contributed by atoms with E-state index in [4.69, 9.17) is 16.3 Å². The van der Waals surface area contributed by atoms with Crippen LogP contribution in [-0.4, -0.2) is 32.2 Å². The van der Waals surface area contributed by atoms with Crippen LogP contribution in [0.2, 0.25) is 5.02 Å². The molecule has 0 spiro atoms.